The molecule has 0 bridgehead atoms. The molecule has 0 fully saturated rings. The molecule has 1 amide bonds. The first kappa shape index (κ1) is 22.4. The van der Waals surface area contributed by atoms with E-state index >= 15 is 0 Å². The smallest absolute Gasteiger partial charge is 0.233 e. The number of carbonyl (C=O) groups is 1. The normalized spacial score (nSPS) is 12.8. The Bertz CT molecular complexity index is 780. The fraction of sp³-hybridized carbons (Fsp3) is 0.550. The van der Waals surface area contributed by atoms with Crippen molar-refractivity contribution in [1.29, 1.82) is 0 Å². The lowest BCUT2D eigenvalue weighted by Crippen LogP contribution is -3.05. The van der Waals surface area contributed by atoms with E-state index < -0.39 is 0 Å². The quantitative estimate of drug-likeness (QED) is 0.682. The van der Waals surface area contributed by atoms with Crippen LogP contribution in [0.15, 0.2) is 29.4 Å². The Balaban J connectivity index is 2.34. The average molecular weight is 409 g/mol. The lowest BCUT2D eigenvalue weighted by Gasteiger charge is -2.30. The number of quaternary nitrogens is 1. The number of hydrogen-bond donors (Lipinski definition) is 1. The molecule has 8 heteroatoms. The van der Waals surface area contributed by atoms with Crippen LogP contribution in [0.25, 0.3) is 5.69 Å². The van der Waals surface area contributed by atoms with Gasteiger partial charge in [0.2, 0.25) is 5.91 Å². The summed E-state index contributed by atoms with van der Waals surface area (Å²) in [5.74, 6) is 0.833. The Labute approximate surface area is 171 Å². The van der Waals surface area contributed by atoms with Crippen LogP contribution < -0.4 is 4.90 Å². The van der Waals surface area contributed by atoms with Gasteiger partial charge in [0.1, 0.15) is 11.9 Å². The maximum Gasteiger partial charge on any atom is 0.233 e. The number of amides is 1. The molecule has 1 aromatic carbocycles. The summed E-state index contributed by atoms with van der Waals surface area (Å²) in [6.45, 7) is 10.1. The average Bonchev–Trinajstić information content (AvgIpc) is 3.03. The summed E-state index contributed by atoms with van der Waals surface area (Å²) in [6, 6.07) is 6.62. The van der Waals surface area contributed by atoms with Gasteiger partial charge < -0.3 is 9.80 Å². The van der Waals surface area contributed by atoms with E-state index in [2.05, 4.69) is 17.1 Å². The number of thioether (sulfide) groups is 1. The van der Waals surface area contributed by atoms with Gasteiger partial charge in [-0.15, -0.1) is 10.2 Å². The van der Waals surface area contributed by atoms with Crippen molar-refractivity contribution in [2.45, 2.75) is 57.9 Å². The number of nitrogens with one attached hydrogen (secondary N) is 1. The number of halogens is 1. The number of carbonyl (C=O) groups excluding carboxylic acids is 1. The third kappa shape index (κ3) is 5.11. The van der Waals surface area contributed by atoms with Crippen molar-refractivity contribution in [3.05, 3.63) is 35.9 Å². The van der Waals surface area contributed by atoms with E-state index in [-0.39, 0.29) is 35.6 Å². The van der Waals surface area contributed by atoms with Crippen LogP contribution >= 0.6 is 11.8 Å². The highest BCUT2D eigenvalue weighted by molar-refractivity contribution is 7.99. The molecule has 0 spiro atoms. The summed E-state index contributed by atoms with van der Waals surface area (Å²) in [5.41, 5.74) is 0.786. The molecule has 0 aliphatic carbocycles. The highest BCUT2D eigenvalue weighted by atomic mass is 32.2. The van der Waals surface area contributed by atoms with Crippen LogP contribution in [0.3, 0.4) is 0 Å². The largest absolute Gasteiger partial charge is 0.337 e. The molecule has 0 aliphatic rings. The van der Waals surface area contributed by atoms with Crippen LogP contribution in [0.5, 0.6) is 0 Å². The van der Waals surface area contributed by atoms with Gasteiger partial charge in [0.25, 0.3) is 0 Å². The van der Waals surface area contributed by atoms with Crippen LogP contribution in [0.1, 0.15) is 46.5 Å². The zero-order valence-electron chi connectivity index (χ0n) is 17.7. The fourth-order valence-corrected chi connectivity index (χ4v) is 3.95. The van der Waals surface area contributed by atoms with Gasteiger partial charge >= 0.3 is 0 Å². The van der Waals surface area contributed by atoms with Crippen molar-refractivity contribution in [2.75, 3.05) is 19.8 Å². The highest BCUT2D eigenvalue weighted by Crippen LogP contribution is 2.25. The lowest BCUT2D eigenvalue weighted by molar-refractivity contribution is -0.890. The van der Waals surface area contributed by atoms with Crippen molar-refractivity contribution in [3.63, 3.8) is 0 Å². The van der Waals surface area contributed by atoms with Gasteiger partial charge in [-0.25, -0.2) is 4.39 Å². The molecule has 0 saturated carbocycles. The lowest BCUT2D eigenvalue weighted by atomic mass is 10.2. The van der Waals surface area contributed by atoms with Crippen molar-refractivity contribution >= 4 is 17.7 Å². The Kier molecular flexibility index (Phi) is 7.60. The van der Waals surface area contributed by atoms with Crippen LogP contribution in [0, 0.1) is 5.82 Å². The molecule has 0 unspecified atom stereocenters. The zero-order valence-corrected chi connectivity index (χ0v) is 18.5. The molecule has 2 rings (SSSR count). The SMILES string of the molecule is CC(C)N(C(=O)CSc1nnc([C@H](C)[NH+](C)C)n1-c1ccc(F)cc1)C(C)C. The van der Waals surface area contributed by atoms with Gasteiger partial charge in [0.15, 0.2) is 11.0 Å². The highest BCUT2D eigenvalue weighted by Gasteiger charge is 2.25. The Morgan fingerprint density at radius 2 is 1.68 bits per heavy atom. The Morgan fingerprint density at radius 1 is 1.11 bits per heavy atom. The minimum Gasteiger partial charge on any atom is -0.337 e. The molecule has 0 aliphatic heterocycles. The molecule has 154 valence electrons. The molecule has 0 saturated heterocycles. The van der Waals surface area contributed by atoms with Crippen molar-refractivity contribution in [3.8, 4) is 5.69 Å². The van der Waals surface area contributed by atoms with Crippen molar-refractivity contribution in [1.82, 2.24) is 19.7 Å². The second-order valence-corrected chi connectivity index (χ2v) is 8.67. The minimum absolute atomic E-state index is 0.0662. The van der Waals surface area contributed by atoms with Gasteiger partial charge in [-0.3, -0.25) is 9.36 Å². The van der Waals surface area contributed by atoms with Gasteiger partial charge in [-0.05, 0) is 58.9 Å². The molecule has 1 aromatic heterocycles. The molecular formula is C20H31FN5OS+. The predicted molar refractivity (Wildman–Crippen MR) is 110 cm³/mol. The molecule has 1 atom stereocenters. The summed E-state index contributed by atoms with van der Waals surface area (Å²) < 4.78 is 15.3. The van der Waals surface area contributed by atoms with Crippen molar-refractivity contribution < 1.29 is 14.1 Å². The number of rotatable bonds is 8. The fourth-order valence-electron chi connectivity index (χ4n) is 3.12. The maximum absolute atomic E-state index is 13.4. The maximum atomic E-state index is 13.4. The van der Waals surface area contributed by atoms with Crippen LogP contribution in [-0.2, 0) is 4.79 Å². The van der Waals surface area contributed by atoms with Crippen LogP contribution in [-0.4, -0.2) is 57.5 Å². The predicted octanol–water partition coefficient (Wildman–Crippen LogP) is 2.35. The third-order valence-corrected chi connectivity index (χ3v) is 5.64. The molecule has 1 N–H and O–H groups in total. The summed E-state index contributed by atoms with van der Waals surface area (Å²) in [7, 11) is 4.10. The summed E-state index contributed by atoms with van der Waals surface area (Å²) in [4.78, 5) is 15.8. The first-order valence-electron chi connectivity index (χ1n) is 9.58. The zero-order chi connectivity index (χ0) is 21.0. The number of nitrogens with zero attached hydrogens (tertiary/aromatic N) is 4. The first-order valence-corrected chi connectivity index (χ1v) is 10.6. The van der Waals surface area contributed by atoms with Crippen LogP contribution in [0.2, 0.25) is 0 Å². The topological polar surface area (TPSA) is 55.5 Å². The van der Waals surface area contributed by atoms with Crippen molar-refractivity contribution in [2.24, 2.45) is 0 Å². The van der Waals surface area contributed by atoms with E-state index in [1.165, 1.54) is 28.8 Å². The van der Waals surface area contributed by atoms with Crippen LogP contribution in [0.4, 0.5) is 4.39 Å². The summed E-state index contributed by atoms with van der Waals surface area (Å²) >= 11 is 1.36. The van der Waals surface area contributed by atoms with E-state index in [0.29, 0.717) is 5.16 Å². The number of aromatic nitrogens is 3. The van der Waals surface area contributed by atoms with Gasteiger partial charge in [-0.2, -0.15) is 0 Å². The molecule has 2 aromatic rings. The van der Waals surface area contributed by atoms with E-state index in [1.54, 1.807) is 12.1 Å². The molecule has 6 nitrogen and oxygen atoms in total. The summed E-state index contributed by atoms with van der Waals surface area (Å²) in [6.07, 6.45) is 0. The number of hydrogen-bond acceptors (Lipinski definition) is 4. The van der Waals surface area contributed by atoms with E-state index in [1.807, 2.05) is 51.3 Å². The second-order valence-electron chi connectivity index (χ2n) is 7.73. The van der Waals surface area contributed by atoms with Gasteiger partial charge in [-0.1, -0.05) is 11.8 Å². The third-order valence-electron chi connectivity index (χ3n) is 4.72. The van der Waals surface area contributed by atoms with Gasteiger partial charge in [0, 0.05) is 17.8 Å². The number of benzene rings is 1. The van der Waals surface area contributed by atoms with E-state index in [0.717, 1.165) is 11.5 Å². The Morgan fingerprint density at radius 3 is 2.18 bits per heavy atom. The molecule has 1 heterocycles. The second kappa shape index (κ2) is 9.52. The molecule has 0 radical (unpaired) electrons. The van der Waals surface area contributed by atoms with E-state index in [4.69, 9.17) is 0 Å². The molecule has 28 heavy (non-hydrogen) atoms. The summed E-state index contributed by atoms with van der Waals surface area (Å²) in [5, 5.41) is 9.35. The monoisotopic (exact) mass is 408 g/mol. The van der Waals surface area contributed by atoms with E-state index in [9.17, 15) is 9.18 Å². The standard InChI is InChI=1S/C20H30FN5OS/c1-13(2)25(14(3)4)18(27)12-28-20-23-22-19(15(5)24(6)7)26(20)17-10-8-16(21)9-11-17/h8-11,13-15H,12H2,1-7H3/p+1/t15-/m0/s1. The Hall–Kier alpha value is -1.93. The molecular weight excluding hydrogens is 377 g/mol. The minimum atomic E-state index is -0.293. The van der Waals surface area contributed by atoms with Gasteiger partial charge in [0.05, 0.1) is 19.8 Å². The first-order chi connectivity index (χ1) is 13.1.